The van der Waals surface area contributed by atoms with Crippen LogP contribution in [-0.2, 0) is 9.59 Å². The van der Waals surface area contributed by atoms with E-state index in [9.17, 15) is 14.0 Å². The maximum absolute atomic E-state index is 13.7. The molecule has 0 aliphatic carbocycles. The fraction of sp³-hybridized carbons (Fsp3) is 0.467. The number of piperazine rings is 1. The highest BCUT2D eigenvalue weighted by molar-refractivity contribution is 6.30. The van der Waals surface area contributed by atoms with Gasteiger partial charge in [-0.3, -0.25) is 9.59 Å². The number of nitrogens with zero attached hydrogens (tertiary/aromatic N) is 1. The van der Waals surface area contributed by atoms with Gasteiger partial charge in [0.25, 0.3) is 5.91 Å². The Bertz CT molecular complexity index is 574. The van der Waals surface area contributed by atoms with Crippen LogP contribution in [0.1, 0.15) is 13.8 Å². The van der Waals surface area contributed by atoms with E-state index in [2.05, 4.69) is 5.32 Å². The summed E-state index contributed by atoms with van der Waals surface area (Å²) in [6.45, 7) is 6.04. The van der Waals surface area contributed by atoms with Gasteiger partial charge in [-0.15, -0.1) is 0 Å². The fourth-order valence-electron chi connectivity index (χ4n) is 2.56. The number of amides is 2. The molecule has 0 radical (unpaired) electrons. The molecule has 0 unspecified atom stereocenters. The van der Waals surface area contributed by atoms with Crippen molar-refractivity contribution in [3.63, 3.8) is 0 Å². The van der Waals surface area contributed by atoms with E-state index in [0.29, 0.717) is 26.2 Å². The number of anilines is 1. The molecule has 0 bridgehead atoms. The van der Waals surface area contributed by atoms with Crippen LogP contribution in [0.3, 0.4) is 0 Å². The van der Waals surface area contributed by atoms with Gasteiger partial charge in [-0.05, 0) is 25.1 Å². The summed E-state index contributed by atoms with van der Waals surface area (Å²) >= 11 is 5.69. The Hall–Kier alpha value is -1.66. The first kappa shape index (κ1) is 16.7. The lowest BCUT2D eigenvalue weighted by Crippen LogP contribution is -3.19. The molecule has 1 aliphatic rings. The first-order chi connectivity index (χ1) is 10.4. The molecule has 1 saturated heterocycles. The minimum atomic E-state index is -0.551. The summed E-state index contributed by atoms with van der Waals surface area (Å²) in [5, 5.41) is 2.88. The van der Waals surface area contributed by atoms with Crippen molar-refractivity contribution < 1.29 is 18.9 Å². The standard InChI is InChI=1S/C15H19ClFN3O2/c1-10(19-5-7-20(8-6-19)11(2)21)15(22)18-14-4-3-12(16)9-13(14)17/h3-4,9-10H,5-8H2,1-2H3,(H,18,22)/p+1/t10-/m0/s1. The van der Waals surface area contributed by atoms with E-state index >= 15 is 0 Å². The number of nitrogens with one attached hydrogen (secondary N) is 2. The molecule has 5 nitrogen and oxygen atoms in total. The van der Waals surface area contributed by atoms with Crippen LogP contribution in [0.15, 0.2) is 18.2 Å². The van der Waals surface area contributed by atoms with E-state index in [1.807, 2.05) is 6.92 Å². The molecule has 2 rings (SSSR count). The van der Waals surface area contributed by atoms with Crippen molar-refractivity contribution in [1.82, 2.24) is 4.90 Å². The van der Waals surface area contributed by atoms with Crippen molar-refractivity contribution in [2.24, 2.45) is 0 Å². The van der Waals surface area contributed by atoms with Crippen LogP contribution in [0.5, 0.6) is 0 Å². The predicted molar refractivity (Wildman–Crippen MR) is 82.5 cm³/mol. The highest BCUT2D eigenvalue weighted by Crippen LogP contribution is 2.18. The minimum absolute atomic E-state index is 0.0550. The summed E-state index contributed by atoms with van der Waals surface area (Å²) in [7, 11) is 0. The normalized spacial score (nSPS) is 17.2. The Kier molecular flexibility index (Phi) is 5.37. The van der Waals surface area contributed by atoms with E-state index in [1.54, 1.807) is 11.8 Å². The minimum Gasteiger partial charge on any atom is -0.332 e. The lowest BCUT2D eigenvalue weighted by atomic mass is 10.2. The number of carbonyl (C=O) groups excluding carboxylic acids is 2. The van der Waals surface area contributed by atoms with Gasteiger partial charge in [0.1, 0.15) is 5.82 Å². The maximum atomic E-state index is 13.7. The summed E-state index contributed by atoms with van der Waals surface area (Å²) in [6, 6.07) is 3.83. The van der Waals surface area contributed by atoms with Gasteiger partial charge in [-0.1, -0.05) is 11.6 Å². The van der Waals surface area contributed by atoms with Gasteiger partial charge in [0.2, 0.25) is 5.91 Å². The molecule has 0 spiro atoms. The van der Waals surface area contributed by atoms with Gasteiger partial charge in [0.15, 0.2) is 6.04 Å². The van der Waals surface area contributed by atoms with Gasteiger partial charge in [0.05, 0.1) is 31.9 Å². The van der Waals surface area contributed by atoms with Crippen molar-refractivity contribution in [2.75, 3.05) is 31.5 Å². The van der Waals surface area contributed by atoms with Crippen LogP contribution in [-0.4, -0.2) is 48.9 Å². The third kappa shape index (κ3) is 3.96. The predicted octanol–water partition coefficient (Wildman–Crippen LogP) is 0.553. The lowest BCUT2D eigenvalue weighted by molar-refractivity contribution is -0.917. The smallest absolute Gasteiger partial charge is 0.282 e. The highest BCUT2D eigenvalue weighted by atomic mass is 35.5. The third-order valence-electron chi connectivity index (χ3n) is 4.05. The van der Waals surface area contributed by atoms with E-state index in [0.717, 1.165) is 4.90 Å². The van der Waals surface area contributed by atoms with Crippen molar-refractivity contribution in [3.8, 4) is 0 Å². The van der Waals surface area contributed by atoms with Gasteiger partial charge in [0, 0.05) is 11.9 Å². The maximum Gasteiger partial charge on any atom is 0.282 e. The van der Waals surface area contributed by atoms with Crippen LogP contribution in [0.25, 0.3) is 0 Å². The summed E-state index contributed by atoms with van der Waals surface area (Å²) < 4.78 is 13.7. The first-order valence-corrected chi connectivity index (χ1v) is 7.62. The zero-order valence-electron chi connectivity index (χ0n) is 12.7. The largest absolute Gasteiger partial charge is 0.332 e. The van der Waals surface area contributed by atoms with Crippen molar-refractivity contribution in [3.05, 3.63) is 29.0 Å². The van der Waals surface area contributed by atoms with Gasteiger partial charge in [-0.2, -0.15) is 0 Å². The van der Waals surface area contributed by atoms with Crippen molar-refractivity contribution in [2.45, 2.75) is 19.9 Å². The van der Waals surface area contributed by atoms with Crippen LogP contribution >= 0.6 is 11.6 Å². The molecular formula is C15H20ClFN3O2+. The second kappa shape index (κ2) is 7.07. The number of hydrogen-bond donors (Lipinski definition) is 2. The number of benzene rings is 1. The average molecular weight is 329 g/mol. The average Bonchev–Trinajstić information content (AvgIpc) is 2.49. The molecule has 0 saturated carbocycles. The summed E-state index contributed by atoms with van der Waals surface area (Å²) in [5.74, 6) is -0.740. The monoisotopic (exact) mass is 328 g/mol. The SMILES string of the molecule is CC(=O)N1CC[NH+]([C@@H](C)C(=O)Nc2ccc(Cl)cc2F)CC1. The molecule has 1 fully saturated rings. The molecule has 0 aromatic heterocycles. The van der Waals surface area contributed by atoms with Crippen LogP contribution in [0.4, 0.5) is 10.1 Å². The number of quaternary nitrogens is 1. The number of hydrogen-bond acceptors (Lipinski definition) is 2. The molecule has 1 aliphatic heterocycles. The fourth-order valence-corrected chi connectivity index (χ4v) is 2.72. The van der Waals surface area contributed by atoms with Gasteiger partial charge in [-0.25, -0.2) is 4.39 Å². The number of carbonyl (C=O) groups is 2. The Labute approximate surface area is 134 Å². The van der Waals surface area contributed by atoms with E-state index in [-0.39, 0.29) is 28.6 Å². The van der Waals surface area contributed by atoms with Crippen LogP contribution in [0, 0.1) is 5.82 Å². The molecule has 2 N–H and O–H groups in total. The lowest BCUT2D eigenvalue weighted by Gasteiger charge is -2.34. The Balaban J connectivity index is 1.94. The number of halogens is 2. The molecule has 22 heavy (non-hydrogen) atoms. The second-order valence-corrected chi connectivity index (χ2v) is 5.94. The molecule has 1 atom stereocenters. The summed E-state index contributed by atoms with van der Waals surface area (Å²) in [5.41, 5.74) is 0.128. The third-order valence-corrected chi connectivity index (χ3v) is 4.28. The van der Waals surface area contributed by atoms with Gasteiger partial charge < -0.3 is 15.1 Å². The Morgan fingerprint density at radius 2 is 2.00 bits per heavy atom. The Morgan fingerprint density at radius 3 is 2.55 bits per heavy atom. The molecular weight excluding hydrogens is 309 g/mol. The molecule has 120 valence electrons. The van der Waals surface area contributed by atoms with Crippen molar-refractivity contribution in [1.29, 1.82) is 0 Å². The van der Waals surface area contributed by atoms with Crippen molar-refractivity contribution >= 4 is 29.1 Å². The zero-order valence-corrected chi connectivity index (χ0v) is 13.4. The van der Waals surface area contributed by atoms with E-state index < -0.39 is 5.82 Å². The molecule has 1 aromatic carbocycles. The second-order valence-electron chi connectivity index (χ2n) is 5.50. The van der Waals surface area contributed by atoms with E-state index in [1.165, 1.54) is 18.2 Å². The Morgan fingerprint density at radius 1 is 1.36 bits per heavy atom. The zero-order chi connectivity index (χ0) is 16.3. The quantitative estimate of drug-likeness (QED) is 0.851. The highest BCUT2D eigenvalue weighted by Gasteiger charge is 2.30. The van der Waals surface area contributed by atoms with Crippen LogP contribution < -0.4 is 10.2 Å². The van der Waals surface area contributed by atoms with E-state index in [4.69, 9.17) is 11.6 Å². The molecule has 2 amide bonds. The molecule has 7 heteroatoms. The summed E-state index contributed by atoms with van der Waals surface area (Å²) in [6.07, 6.45) is 0. The van der Waals surface area contributed by atoms with Gasteiger partial charge >= 0.3 is 0 Å². The molecule has 1 aromatic rings. The molecule has 1 heterocycles. The topological polar surface area (TPSA) is 53.9 Å². The number of rotatable bonds is 3. The summed E-state index contributed by atoms with van der Waals surface area (Å²) in [4.78, 5) is 26.4. The van der Waals surface area contributed by atoms with Crippen LogP contribution in [0.2, 0.25) is 5.02 Å². The first-order valence-electron chi connectivity index (χ1n) is 7.24.